The molecular weight excluding hydrogens is 365 g/mol. The normalized spacial score (nSPS) is 12.9. The number of halogens is 3. The topological polar surface area (TPSA) is 70.1 Å². The first-order valence-electron chi connectivity index (χ1n) is 7.97. The Hall–Kier alpha value is -2.00. The second-order valence-corrected chi connectivity index (χ2v) is 6.87. The average molecular weight is 386 g/mol. The van der Waals surface area contributed by atoms with E-state index in [0.29, 0.717) is 5.69 Å². The van der Waals surface area contributed by atoms with E-state index in [1.165, 1.54) is 11.8 Å². The summed E-state index contributed by atoms with van der Waals surface area (Å²) < 4.78 is 39.6. The van der Waals surface area contributed by atoms with Crippen molar-refractivity contribution in [1.82, 2.24) is 9.97 Å². The molecule has 26 heavy (non-hydrogen) atoms. The smallest absolute Gasteiger partial charge is 0.394 e. The minimum absolute atomic E-state index is 0.00666. The highest BCUT2D eigenvalue weighted by molar-refractivity contribution is 7.98. The van der Waals surface area contributed by atoms with Crippen LogP contribution in [-0.2, 0) is 6.18 Å². The van der Waals surface area contributed by atoms with Gasteiger partial charge in [-0.1, -0.05) is 19.9 Å². The van der Waals surface area contributed by atoms with Gasteiger partial charge < -0.3 is 15.7 Å². The fourth-order valence-electron chi connectivity index (χ4n) is 2.16. The number of nitrogens with zero attached hydrogens (tertiary/aromatic N) is 2. The Labute approximate surface area is 154 Å². The van der Waals surface area contributed by atoms with Gasteiger partial charge in [0.1, 0.15) is 5.82 Å². The summed E-state index contributed by atoms with van der Waals surface area (Å²) >= 11 is 1.53. The number of anilines is 3. The number of rotatable bonds is 7. The number of aliphatic hydroxyl groups is 1. The molecule has 0 saturated heterocycles. The van der Waals surface area contributed by atoms with E-state index in [1.54, 1.807) is 12.1 Å². The van der Waals surface area contributed by atoms with E-state index in [-0.39, 0.29) is 24.3 Å². The summed E-state index contributed by atoms with van der Waals surface area (Å²) in [7, 11) is 0. The third-order valence-electron chi connectivity index (χ3n) is 3.67. The first kappa shape index (κ1) is 20.3. The first-order valence-corrected chi connectivity index (χ1v) is 9.20. The Morgan fingerprint density at radius 1 is 1.19 bits per heavy atom. The van der Waals surface area contributed by atoms with Crippen molar-refractivity contribution in [3.8, 4) is 0 Å². The zero-order valence-corrected chi connectivity index (χ0v) is 15.4. The van der Waals surface area contributed by atoms with Crippen LogP contribution < -0.4 is 10.6 Å². The summed E-state index contributed by atoms with van der Waals surface area (Å²) in [6, 6.07) is 7.68. The Kier molecular flexibility index (Phi) is 6.71. The molecule has 0 radical (unpaired) electrons. The largest absolute Gasteiger partial charge is 0.433 e. The highest BCUT2D eigenvalue weighted by atomic mass is 32.2. The number of nitrogens with one attached hydrogen (secondary N) is 2. The Balaban J connectivity index is 2.36. The lowest BCUT2D eigenvalue weighted by molar-refractivity contribution is -0.141. The molecule has 0 spiro atoms. The molecule has 3 N–H and O–H groups in total. The van der Waals surface area contributed by atoms with Crippen molar-refractivity contribution in [2.45, 2.75) is 31.0 Å². The summed E-state index contributed by atoms with van der Waals surface area (Å²) in [6.45, 7) is 3.44. The van der Waals surface area contributed by atoms with Gasteiger partial charge in [0.25, 0.3) is 0 Å². The van der Waals surface area contributed by atoms with E-state index in [4.69, 9.17) is 0 Å². The second kappa shape index (κ2) is 8.59. The van der Waals surface area contributed by atoms with Crippen molar-refractivity contribution in [2.75, 3.05) is 23.5 Å². The summed E-state index contributed by atoms with van der Waals surface area (Å²) in [4.78, 5) is 8.64. The molecule has 0 aliphatic rings. The van der Waals surface area contributed by atoms with E-state index < -0.39 is 17.9 Å². The summed E-state index contributed by atoms with van der Waals surface area (Å²) in [5, 5.41) is 15.0. The standard InChI is InChI=1S/C17H21F3N4OS/c1-10(2)13(9-25)22-16-23-14(17(18,19)20)8-15(24-16)21-11-5-4-6-12(7-11)26-3/h4-8,10,13,25H,9H2,1-3H3,(H2,21,22,23,24)/t13-/m0/s1. The first-order chi connectivity index (χ1) is 12.2. The van der Waals surface area contributed by atoms with Gasteiger partial charge >= 0.3 is 6.18 Å². The van der Waals surface area contributed by atoms with Gasteiger partial charge in [-0.25, -0.2) is 4.98 Å². The average Bonchev–Trinajstić information content (AvgIpc) is 2.58. The number of benzene rings is 1. The van der Waals surface area contributed by atoms with Gasteiger partial charge in [-0.15, -0.1) is 11.8 Å². The van der Waals surface area contributed by atoms with Gasteiger partial charge in [-0.3, -0.25) is 0 Å². The predicted molar refractivity (Wildman–Crippen MR) is 97.9 cm³/mol. The second-order valence-electron chi connectivity index (χ2n) is 5.99. The molecule has 0 saturated carbocycles. The van der Waals surface area contributed by atoms with Crippen molar-refractivity contribution >= 4 is 29.2 Å². The number of aromatic nitrogens is 2. The molecule has 0 fully saturated rings. The molecule has 0 aliphatic carbocycles. The van der Waals surface area contributed by atoms with Crippen LogP contribution in [0.5, 0.6) is 0 Å². The maximum Gasteiger partial charge on any atom is 0.433 e. The molecule has 0 amide bonds. The molecule has 2 rings (SSSR count). The fourth-order valence-corrected chi connectivity index (χ4v) is 2.62. The van der Waals surface area contributed by atoms with Crippen LogP contribution in [0.25, 0.3) is 0 Å². The third kappa shape index (κ3) is 5.50. The van der Waals surface area contributed by atoms with Crippen molar-refractivity contribution < 1.29 is 18.3 Å². The van der Waals surface area contributed by atoms with Crippen LogP contribution in [0, 0.1) is 5.92 Å². The zero-order chi connectivity index (χ0) is 19.3. The van der Waals surface area contributed by atoms with Gasteiger partial charge in [-0.05, 0) is 30.4 Å². The van der Waals surface area contributed by atoms with Crippen LogP contribution in [0.3, 0.4) is 0 Å². The summed E-state index contributed by atoms with van der Waals surface area (Å²) in [5.74, 6) is -0.169. The van der Waals surface area contributed by atoms with E-state index in [2.05, 4.69) is 20.6 Å². The quantitative estimate of drug-likeness (QED) is 0.613. The zero-order valence-electron chi connectivity index (χ0n) is 14.6. The third-order valence-corrected chi connectivity index (χ3v) is 4.40. The number of alkyl halides is 3. The minimum Gasteiger partial charge on any atom is -0.394 e. The molecule has 0 aliphatic heterocycles. The molecule has 1 aromatic carbocycles. The lowest BCUT2D eigenvalue weighted by Crippen LogP contribution is -2.30. The molecule has 1 atom stereocenters. The SMILES string of the molecule is CSc1cccc(Nc2cc(C(F)(F)F)nc(N[C@@H](CO)C(C)C)n2)c1. The van der Waals surface area contributed by atoms with Crippen LogP contribution in [-0.4, -0.2) is 34.0 Å². The van der Waals surface area contributed by atoms with E-state index >= 15 is 0 Å². The van der Waals surface area contributed by atoms with Gasteiger partial charge in [0.15, 0.2) is 5.69 Å². The van der Waals surface area contributed by atoms with Crippen molar-refractivity contribution in [1.29, 1.82) is 0 Å². The van der Waals surface area contributed by atoms with Crippen LogP contribution >= 0.6 is 11.8 Å². The maximum atomic E-state index is 13.2. The van der Waals surface area contributed by atoms with Gasteiger partial charge in [0.2, 0.25) is 5.95 Å². The van der Waals surface area contributed by atoms with Crippen molar-refractivity contribution in [2.24, 2.45) is 5.92 Å². The lowest BCUT2D eigenvalue weighted by Gasteiger charge is -2.21. The van der Waals surface area contributed by atoms with E-state index in [9.17, 15) is 18.3 Å². The molecule has 0 unspecified atom stereocenters. The summed E-state index contributed by atoms with van der Waals surface area (Å²) in [5.41, 5.74) is -0.434. The monoisotopic (exact) mass is 386 g/mol. The Morgan fingerprint density at radius 3 is 2.50 bits per heavy atom. The molecular formula is C17H21F3N4OS. The van der Waals surface area contributed by atoms with Crippen LogP contribution in [0.15, 0.2) is 35.2 Å². The van der Waals surface area contributed by atoms with Gasteiger partial charge in [0.05, 0.1) is 12.6 Å². The van der Waals surface area contributed by atoms with Crippen molar-refractivity contribution in [3.63, 3.8) is 0 Å². The molecule has 9 heteroatoms. The van der Waals surface area contributed by atoms with Crippen LogP contribution in [0.1, 0.15) is 19.5 Å². The molecule has 0 bridgehead atoms. The predicted octanol–water partition coefficient (Wildman–Crippen LogP) is 4.39. The van der Waals surface area contributed by atoms with E-state index in [0.717, 1.165) is 11.0 Å². The molecule has 2 aromatic rings. The van der Waals surface area contributed by atoms with Crippen LogP contribution in [0.2, 0.25) is 0 Å². The molecule has 142 valence electrons. The maximum absolute atomic E-state index is 13.2. The Morgan fingerprint density at radius 2 is 1.92 bits per heavy atom. The number of hydrogen-bond acceptors (Lipinski definition) is 6. The fraction of sp³-hybridized carbons (Fsp3) is 0.412. The highest BCUT2D eigenvalue weighted by Gasteiger charge is 2.34. The van der Waals surface area contributed by atoms with Crippen molar-refractivity contribution in [3.05, 3.63) is 36.0 Å². The molecule has 1 heterocycles. The number of aliphatic hydroxyl groups excluding tert-OH is 1. The summed E-state index contributed by atoms with van der Waals surface area (Å²) in [6.07, 6.45) is -2.70. The minimum atomic E-state index is -4.61. The lowest BCUT2D eigenvalue weighted by atomic mass is 10.1. The van der Waals surface area contributed by atoms with Crippen LogP contribution in [0.4, 0.5) is 30.6 Å². The molecule has 1 aromatic heterocycles. The van der Waals surface area contributed by atoms with E-state index in [1.807, 2.05) is 32.2 Å². The van der Waals surface area contributed by atoms with Gasteiger partial charge in [-0.2, -0.15) is 18.2 Å². The highest BCUT2D eigenvalue weighted by Crippen LogP contribution is 2.31. The number of hydrogen-bond donors (Lipinski definition) is 3. The number of thioether (sulfide) groups is 1. The molecule has 5 nitrogen and oxygen atoms in total. The van der Waals surface area contributed by atoms with Gasteiger partial charge in [0, 0.05) is 16.6 Å². The Bertz CT molecular complexity index is 740.